The number of rotatable bonds is 7. The van der Waals surface area contributed by atoms with Crippen LogP contribution in [0.2, 0.25) is 5.02 Å². The molecule has 0 heterocycles. The van der Waals surface area contributed by atoms with Gasteiger partial charge in [-0.15, -0.1) is 11.8 Å². The standard InChI is InChI=1S/C20H20ClF3O3S/c1-4-12-9-14(20(22,23)24)17(10-15(12)21)26-11-13-16(27-19(25)5-2)7-6-8-18(13)28-3/h6-10H,4-5,11H2,1-3H3. The van der Waals surface area contributed by atoms with Crippen molar-refractivity contribution in [2.24, 2.45) is 0 Å². The van der Waals surface area contributed by atoms with Gasteiger partial charge in [0.2, 0.25) is 0 Å². The minimum Gasteiger partial charge on any atom is -0.488 e. The summed E-state index contributed by atoms with van der Waals surface area (Å²) in [5.74, 6) is -0.535. The minimum absolute atomic E-state index is 0.177. The van der Waals surface area contributed by atoms with Crippen LogP contribution in [-0.4, -0.2) is 12.2 Å². The van der Waals surface area contributed by atoms with Crippen LogP contribution in [0.15, 0.2) is 35.2 Å². The van der Waals surface area contributed by atoms with Crippen molar-refractivity contribution in [2.75, 3.05) is 6.26 Å². The fraction of sp³-hybridized carbons (Fsp3) is 0.350. The van der Waals surface area contributed by atoms with Gasteiger partial charge in [-0.05, 0) is 42.5 Å². The number of hydrogen-bond acceptors (Lipinski definition) is 4. The highest BCUT2D eigenvalue weighted by Gasteiger charge is 2.35. The number of carbonyl (C=O) groups is 1. The van der Waals surface area contributed by atoms with E-state index in [0.717, 1.165) is 11.0 Å². The largest absolute Gasteiger partial charge is 0.488 e. The summed E-state index contributed by atoms with van der Waals surface area (Å²) in [6, 6.07) is 7.27. The Kier molecular flexibility index (Phi) is 7.66. The molecule has 0 spiro atoms. The van der Waals surface area contributed by atoms with E-state index in [-0.39, 0.29) is 29.5 Å². The summed E-state index contributed by atoms with van der Waals surface area (Å²) in [7, 11) is 0. The van der Waals surface area contributed by atoms with E-state index in [2.05, 4.69) is 0 Å². The Morgan fingerprint density at radius 2 is 1.89 bits per heavy atom. The average Bonchev–Trinajstić information content (AvgIpc) is 2.65. The maximum atomic E-state index is 13.5. The van der Waals surface area contributed by atoms with E-state index < -0.39 is 17.7 Å². The number of ether oxygens (including phenoxy) is 2. The van der Waals surface area contributed by atoms with Crippen LogP contribution >= 0.6 is 23.4 Å². The van der Waals surface area contributed by atoms with Gasteiger partial charge in [-0.1, -0.05) is 31.5 Å². The smallest absolute Gasteiger partial charge is 0.419 e. The van der Waals surface area contributed by atoms with Gasteiger partial charge in [0, 0.05) is 21.9 Å². The lowest BCUT2D eigenvalue weighted by atomic mass is 10.1. The zero-order valence-electron chi connectivity index (χ0n) is 15.7. The molecule has 0 aromatic heterocycles. The molecule has 0 atom stereocenters. The van der Waals surface area contributed by atoms with Crippen LogP contribution in [0.4, 0.5) is 13.2 Å². The lowest BCUT2D eigenvalue weighted by molar-refractivity contribution is -0.139. The molecule has 2 aromatic carbocycles. The Bertz CT molecular complexity index is 853. The van der Waals surface area contributed by atoms with Crippen LogP contribution in [0.5, 0.6) is 11.5 Å². The number of benzene rings is 2. The monoisotopic (exact) mass is 432 g/mol. The molecular weight excluding hydrogens is 413 g/mol. The van der Waals surface area contributed by atoms with E-state index >= 15 is 0 Å². The van der Waals surface area contributed by atoms with Gasteiger partial charge < -0.3 is 9.47 Å². The van der Waals surface area contributed by atoms with Crippen molar-refractivity contribution in [1.82, 2.24) is 0 Å². The van der Waals surface area contributed by atoms with Crippen molar-refractivity contribution in [2.45, 2.75) is 44.4 Å². The molecule has 0 saturated heterocycles. The van der Waals surface area contributed by atoms with E-state index in [1.807, 2.05) is 6.26 Å². The SMILES string of the molecule is CCC(=O)Oc1cccc(SC)c1COc1cc(Cl)c(CC)cc1C(F)(F)F. The van der Waals surface area contributed by atoms with Crippen LogP contribution in [0, 0.1) is 0 Å². The number of halogens is 4. The molecule has 0 aliphatic heterocycles. The summed E-state index contributed by atoms with van der Waals surface area (Å²) in [5, 5.41) is 0.210. The highest BCUT2D eigenvalue weighted by Crippen LogP contribution is 2.40. The molecule has 2 aromatic rings. The van der Waals surface area contributed by atoms with E-state index in [4.69, 9.17) is 21.1 Å². The van der Waals surface area contributed by atoms with Crippen molar-refractivity contribution in [3.05, 3.63) is 52.0 Å². The molecule has 152 valence electrons. The molecule has 0 aliphatic carbocycles. The normalized spacial score (nSPS) is 11.4. The first kappa shape index (κ1) is 22.4. The van der Waals surface area contributed by atoms with Gasteiger partial charge >= 0.3 is 12.1 Å². The van der Waals surface area contributed by atoms with Crippen LogP contribution in [0.3, 0.4) is 0 Å². The number of esters is 1. The van der Waals surface area contributed by atoms with Crippen LogP contribution < -0.4 is 9.47 Å². The quantitative estimate of drug-likeness (QED) is 0.283. The Morgan fingerprint density at radius 1 is 1.18 bits per heavy atom. The maximum Gasteiger partial charge on any atom is 0.419 e. The van der Waals surface area contributed by atoms with E-state index in [1.54, 1.807) is 32.0 Å². The van der Waals surface area contributed by atoms with Gasteiger partial charge in [0.25, 0.3) is 0 Å². The summed E-state index contributed by atoms with van der Waals surface area (Å²) < 4.78 is 51.2. The highest BCUT2D eigenvalue weighted by molar-refractivity contribution is 7.98. The molecule has 8 heteroatoms. The van der Waals surface area contributed by atoms with Gasteiger partial charge in [0.15, 0.2) is 0 Å². The summed E-state index contributed by atoms with van der Waals surface area (Å²) >= 11 is 7.47. The molecule has 0 radical (unpaired) electrons. The van der Waals surface area contributed by atoms with Gasteiger partial charge in [-0.25, -0.2) is 0 Å². The van der Waals surface area contributed by atoms with E-state index in [0.29, 0.717) is 17.5 Å². The predicted molar refractivity (Wildman–Crippen MR) is 104 cm³/mol. The lowest BCUT2D eigenvalue weighted by Crippen LogP contribution is -2.12. The third kappa shape index (κ3) is 5.35. The summed E-state index contributed by atoms with van der Waals surface area (Å²) in [4.78, 5) is 12.4. The maximum absolute atomic E-state index is 13.5. The second-order valence-corrected chi connectivity index (χ2v) is 7.10. The summed E-state index contributed by atoms with van der Waals surface area (Å²) in [6.07, 6.45) is -2.22. The third-order valence-corrected chi connectivity index (χ3v) is 5.20. The zero-order chi connectivity index (χ0) is 20.9. The number of hydrogen-bond donors (Lipinski definition) is 0. The Labute approximate surface area is 171 Å². The topological polar surface area (TPSA) is 35.5 Å². The molecule has 0 N–H and O–H groups in total. The second kappa shape index (κ2) is 9.56. The zero-order valence-corrected chi connectivity index (χ0v) is 17.2. The van der Waals surface area contributed by atoms with Gasteiger partial charge in [-0.2, -0.15) is 13.2 Å². The van der Waals surface area contributed by atoms with Gasteiger partial charge in [-0.3, -0.25) is 4.79 Å². The number of aryl methyl sites for hydroxylation is 1. The van der Waals surface area contributed by atoms with Crippen LogP contribution in [0.25, 0.3) is 0 Å². The molecule has 0 saturated carbocycles. The third-order valence-electron chi connectivity index (χ3n) is 4.03. The van der Waals surface area contributed by atoms with Gasteiger partial charge in [0.05, 0.1) is 5.56 Å². The molecule has 0 amide bonds. The predicted octanol–water partition coefficient (Wildman–Crippen LogP) is 6.54. The molecule has 0 unspecified atom stereocenters. The first-order chi connectivity index (χ1) is 13.2. The van der Waals surface area contributed by atoms with Crippen molar-refractivity contribution < 1.29 is 27.4 Å². The lowest BCUT2D eigenvalue weighted by Gasteiger charge is -2.18. The van der Waals surface area contributed by atoms with Crippen molar-refractivity contribution in [1.29, 1.82) is 0 Å². The first-order valence-corrected chi connectivity index (χ1v) is 10.2. The molecule has 2 rings (SSSR count). The van der Waals surface area contributed by atoms with Crippen molar-refractivity contribution in [3.63, 3.8) is 0 Å². The minimum atomic E-state index is -4.58. The summed E-state index contributed by atoms with van der Waals surface area (Å²) in [6.45, 7) is 3.18. The fourth-order valence-electron chi connectivity index (χ4n) is 2.53. The second-order valence-electron chi connectivity index (χ2n) is 5.84. The summed E-state index contributed by atoms with van der Waals surface area (Å²) in [5.41, 5.74) is 0.00604. The first-order valence-electron chi connectivity index (χ1n) is 8.60. The number of carbonyl (C=O) groups excluding carboxylic acids is 1. The molecule has 0 fully saturated rings. The molecular formula is C20H20ClF3O3S. The average molecular weight is 433 g/mol. The molecule has 28 heavy (non-hydrogen) atoms. The molecule has 3 nitrogen and oxygen atoms in total. The van der Waals surface area contributed by atoms with Crippen LogP contribution in [0.1, 0.15) is 37.0 Å². The molecule has 0 aliphatic rings. The number of thioether (sulfide) groups is 1. The highest BCUT2D eigenvalue weighted by atomic mass is 35.5. The molecule has 0 bridgehead atoms. The van der Waals surface area contributed by atoms with E-state index in [1.165, 1.54) is 17.8 Å². The Morgan fingerprint density at radius 3 is 2.46 bits per heavy atom. The number of alkyl halides is 3. The fourth-order valence-corrected chi connectivity index (χ4v) is 3.44. The van der Waals surface area contributed by atoms with Crippen molar-refractivity contribution >= 4 is 29.3 Å². The van der Waals surface area contributed by atoms with Gasteiger partial charge in [0.1, 0.15) is 18.1 Å². The Hall–Kier alpha value is -1.86. The van der Waals surface area contributed by atoms with Crippen molar-refractivity contribution in [3.8, 4) is 11.5 Å². The van der Waals surface area contributed by atoms with E-state index in [9.17, 15) is 18.0 Å². The van der Waals surface area contributed by atoms with Crippen LogP contribution in [-0.2, 0) is 24.0 Å². The Balaban J connectivity index is 2.41.